The summed E-state index contributed by atoms with van der Waals surface area (Å²) >= 11 is 0. The first-order chi connectivity index (χ1) is 13.1. The summed E-state index contributed by atoms with van der Waals surface area (Å²) in [6, 6.07) is 14.5. The number of amides is 1. The van der Waals surface area contributed by atoms with E-state index >= 15 is 0 Å². The molecule has 6 nitrogen and oxygen atoms in total. The number of benzene rings is 2. The molecular weight excluding hydrogens is 344 g/mol. The third kappa shape index (κ3) is 5.51. The van der Waals surface area contributed by atoms with Gasteiger partial charge < -0.3 is 19.5 Å². The van der Waals surface area contributed by atoms with Crippen LogP contribution in [0.1, 0.15) is 24.1 Å². The monoisotopic (exact) mass is 366 g/mol. The van der Waals surface area contributed by atoms with Crippen LogP contribution in [-0.4, -0.2) is 26.7 Å². The summed E-state index contributed by atoms with van der Waals surface area (Å²) in [4.78, 5) is 12.2. The van der Waals surface area contributed by atoms with Crippen molar-refractivity contribution in [1.82, 2.24) is 5.32 Å². The number of para-hydroxylation sites is 1. The number of rotatable bonds is 8. The summed E-state index contributed by atoms with van der Waals surface area (Å²) in [5.74, 6) is 1.48. The minimum atomic E-state index is -0.225. The van der Waals surface area contributed by atoms with Crippen molar-refractivity contribution < 1.29 is 19.0 Å². The second kappa shape index (κ2) is 9.88. The Hall–Kier alpha value is -3.46. The highest BCUT2D eigenvalue weighted by atomic mass is 16.5. The van der Waals surface area contributed by atoms with E-state index in [0.717, 1.165) is 16.9 Å². The van der Waals surface area contributed by atoms with Crippen molar-refractivity contribution in [3.8, 4) is 23.3 Å². The lowest BCUT2D eigenvalue weighted by Gasteiger charge is -2.16. The molecule has 1 atom stereocenters. The van der Waals surface area contributed by atoms with Gasteiger partial charge >= 0.3 is 0 Å². The van der Waals surface area contributed by atoms with Crippen LogP contribution >= 0.6 is 0 Å². The molecule has 140 valence electrons. The number of nitrogens with zero attached hydrogens (tertiary/aromatic N) is 1. The van der Waals surface area contributed by atoms with Crippen LogP contribution in [0, 0.1) is 11.3 Å². The van der Waals surface area contributed by atoms with Crippen LogP contribution in [-0.2, 0) is 4.79 Å². The maximum Gasteiger partial charge on any atom is 0.244 e. The Kier molecular flexibility index (Phi) is 7.26. The molecule has 0 bridgehead atoms. The zero-order chi connectivity index (χ0) is 19.6. The molecule has 6 heteroatoms. The summed E-state index contributed by atoms with van der Waals surface area (Å²) in [7, 11) is 3.12. The first-order valence-corrected chi connectivity index (χ1v) is 8.38. The van der Waals surface area contributed by atoms with Gasteiger partial charge in [-0.1, -0.05) is 24.3 Å². The molecule has 0 spiro atoms. The second-order valence-corrected chi connectivity index (χ2v) is 5.66. The first kappa shape index (κ1) is 19.9. The fraction of sp³-hybridized carbons (Fsp3) is 0.238. The Balaban J connectivity index is 2.04. The highest BCUT2D eigenvalue weighted by molar-refractivity contribution is 5.92. The van der Waals surface area contributed by atoms with Gasteiger partial charge in [0.05, 0.1) is 20.3 Å². The predicted octanol–water partition coefficient (Wildman–Crippen LogP) is 3.50. The molecule has 2 aromatic rings. The molecule has 0 saturated carbocycles. The lowest BCUT2D eigenvalue weighted by molar-refractivity contribution is -0.117. The molecule has 0 saturated heterocycles. The topological polar surface area (TPSA) is 80.6 Å². The molecule has 0 aliphatic carbocycles. The summed E-state index contributed by atoms with van der Waals surface area (Å²) in [5.41, 5.74) is 1.68. The van der Waals surface area contributed by atoms with Crippen molar-refractivity contribution in [3.05, 3.63) is 59.7 Å². The normalized spacial score (nSPS) is 11.5. The number of methoxy groups -OCH3 is 2. The number of nitriles is 1. The number of carbonyl (C=O) groups excluding carboxylic acids is 1. The molecule has 0 aliphatic heterocycles. The summed E-state index contributed by atoms with van der Waals surface area (Å²) in [6.07, 6.45) is 3.14. The molecule has 1 N–H and O–H groups in total. The van der Waals surface area contributed by atoms with Crippen molar-refractivity contribution >= 4 is 12.0 Å². The lowest BCUT2D eigenvalue weighted by atomic mass is 10.1. The maximum atomic E-state index is 12.2. The van der Waals surface area contributed by atoms with Crippen LogP contribution in [0.3, 0.4) is 0 Å². The Morgan fingerprint density at radius 1 is 1.15 bits per heavy atom. The van der Waals surface area contributed by atoms with Gasteiger partial charge in [-0.25, -0.2) is 0 Å². The predicted molar refractivity (Wildman–Crippen MR) is 103 cm³/mol. The van der Waals surface area contributed by atoms with Crippen LogP contribution in [0.4, 0.5) is 0 Å². The van der Waals surface area contributed by atoms with Crippen molar-refractivity contribution in [2.24, 2.45) is 0 Å². The number of carbonyl (C=O) groups is 1. The molecule has 1 unspecified atom stereocenters. The standard InChI is InChI=1S/C21H22N2O4/c1-15(17-6-4-5-7-18(17)25-2)23-21(24)11-9-16-8-10-19(27-13-12-22)20(14-16)26-3/h4-11,14-15H,13H2,1-3H3,(H,23,24)/b11-9+. The van der Waals surface area contributed by atoms with Crippen LogP contribution in [0.15, 0.2) is 48.5 Å². The van der Waals surface area contributed by atoms with E-state index in [4.69, 9.17) is 19.5 Å². The molecule has 0 heterocycles. The van der Waals surface area contributed by atoms with Crippen molar-refractivity contribution in [3.63, 3.8) is 0 Å². The number of hydrogen-bond donors (Lipinski definition) is 1. The smallest absolute Gasteiger partial charge is 0.244 e. The van der Waals surface area contributed by atoms with Gasteiger partial charge in [0.15, 0.2) is 18.1 Å². The Bertz CT molecular complexity index is 856. The third-order valence-corrected chi connectivity index (χ3v) is 3.87. The molecule has 27 heavy (non-hydrogen) atoms. The molecule has 2 rings (SSSR count). The van der Waals surface area contributed by atoms with Gasteiger partial charge in [0.2, 0.25) is 5.91 Å². The summed E-state index contributed by atoms with van der Waals surface area (Å²) < 4.78 is 15.9. The van der Waals surface area contributed by atoms with Crippen LogP contribution in [0.25, 0.3) is 6.08 Å². The van der Waals surface area contributed by atoms with E-state index in [0.29, 0.717) is 11.5 Å². The molecule has 0 aliphatic rings. The number of nitrogens with one attached hydrogen (secondary N) is 1. The van der Waals surface area contributed by atoms with E-state index in [1.807, 2.05) is 37.3 Å². The second-order valence-electron chi connectivity index (χ2n) is 5.66. The molecule has 2 aromatic carbocycles. The maximum absolute atomic E-state index is 12.2. The van der Waals surface area contributed by atoms with Crippen LogP contribution < -0.4 is 19.5 Å². The van der Waals surface area contributed by atoms with E-state index in [-0.39, 0.29) is 18.6 Å². The zero-order valence-corrected chi connectivity index (χ0v) is 15.6. The number of ether oxygens (including phenoxy) is 3. The average Bonchev–Trinajstić information content (AvgIpc) is 2.70. The van der Waals surface area contributed by atoms with Crippen LogP contribution in [0.5, 0.6) is 17.2 Å². The van der Waals surface area contributed by atoms with Crippen LogP contribution in [0.2, 0.25) is 0 Å². The largest absolute Gasteiger partial charge is 0.496 e. The van der Waals surface area contributed by atoms with E-state index < -0.39 is 0 Å². The number of hydrogen-bond acceptors (Lipinski definition) is 5. The van der Waals surface area contributed by atoms with E-state index in [9.17, 15) is 4.79 Å². The molecule has 0 aromatic heterocycles. The average molecular weight is 366 g/mol. The summed E-state index contributed by atoms with van der Waals surface area (Å²) in [5, 5.41) is 11.5. The molecular formula is C21H22N2O4. The minimum Gasteiger partial charge on any atom is -0.496 e. The van der Waals surface area contributed by atoms with Crippen molar-refractivity contribution in [1.29, 1.82) is 5.26 Å². The van der Waals surface area contributed by atoms with E-state index in [1.54, 1.807) is 31.4 Å². The molecule has 1 amide bonds. The van der Waals surface area contributed by atoms with E-state index in [1.165, 1.54) is 13.2 Å². The van der Waals surface area contributed by atoms with Crippen molar-refractivity contribution in [2.75, 3.05) is 20.8 Å². The fourth-order valence-electron chi connectivity index (χ4n) is 2.55. The third-order valence-electron chi connectivity index (χ3n) is 3.87. The SMILES string of the molecule is COc1cc(/C=C/C(=O)NC(C)c2ccccc2OC)ccc1OCC#N. The Morgan fingerprint density at radius 2 is 1.89 bits per heavy atom. The Labute approximate surface area is 159 Å². The lowest BCUT2D eigenvalue weighted by Crippen LogP contribution is -2.24. The summed E-state index contributed by atoms with van der Waals surface area (Å²) in [6.45, 7) is 1.84. The van der Waals surface area contributed by atoms with Gasteiger partial charge in [-0.15, -0.1) is 0 Å². The fourth-order valence-corrected chi connectivity index (χ4v) is 2.55. The van der Waals surface area contributed by atoms with Gasteiger partial charge in [-0.3, -0.25) is 4.79 Å². The minimum absolute atomic E-state index is 0.0607. The Morgan fingerprint density at radius 3 is 2.59 bits per heavy atom. The zero-order valence-electron chi connectivity index (χ0n) is 15.6. The van der Waals surface area contributed by atoms with Gasteiger partial charge in [0, 0.05) is 11.6 Å². The highest BCUT2D eigenvalue weighted by Crippen LogP contribution is 2.28. The van der Waals surface area contributed by atoms with Gasteiger partial charge in [-0.05, 0) is 36.8 Å². The molecule has 0 radical (unpaired) electrons. The van der Waals surface area contributed by atoms with E-state index in [2.05, 4.69) is 5.32 Å². The van der Waals surface area contributed by atoms with Gasteiger partial charge in [0.1, 0.15) is 11.8 Å². The van der Waals surface area contributed by atoms with Gasteiger partial charge in [0.25, 0.3) is 0 Å². The highest BCUT2D eigenvalue weighted by Gasteiger charge is 2.12. The molecule has 0 fully saturated rings. The van der Waals surface area contributed by atoms with Gasteiger partial charge in [-0.2, -0.15) is 5.26 Å². The first-order valence-electron chi connectivity index (χ1n) is 8.38. The quantitative estimate of drug-likeness (QED) is 0.723. The van der Waals surface area contributed by atoms with Crippen molar-refractivity contribution in [2.45, 2.75) is 13.0 Å².